The molecule has 88 valence electrons. The fourth-order valence-corrected chi connectivity index (χ4v) is 2.20. The minimum atomic E-state index is 0.140. The van der Waals surface area contributed by atoms with E-state index < -0.39 is 0 Å². The van der Waals surface area contributed by atoms with Crippen molar-refractivity contribution in [2.75, 3.05) is 0 Å². The molecule has 0 radical (unpaired) electrons. The van der Waals surface area contributed by atoms with Crippen LogP contribution in [0.15, 0.2) is 48.9 Å². The zero-order valence-corrected chi connectivity index (χ0v) is 10.1. The first-order valence-corrected chi connectivity index (χ1v) is 5.82. The van der Waals surface area contributed by atoms with Gasteiger partial charge in [-0.2, -0.15) is 0 Å². The predicted octanol–water partition coefficient (Wildman–Crippen LogP) is 3.66. The summed E-state index contributed by atoms with van der Waals surface area (Å²) in [5, 5.41) is 11.6. The fraction of sp³-hybridized carbons (Fsp3) is 0. The highest BCUT2D eigenvalue weighted by Gasteiger charge is 2.12. The van der Waals surface area contributed by atoms with Gasteiger partial charge in [0.25, 0.3) is 0 Å². The van der Waals surface area contributed by atoms with Crippen molar-refractivity contribution >= 4 is 22.5 Å². The molecule has 0 spiro atoms. The second-order valence-electron chi connectivity index (χ2n) is 3.89. The predicted molar refractivity (Wildman–Crippen MR) is 71.6 cm³/mol. The van der Waals surface area contributed by atoms with Crippen LogP contribution in [-0.4, -0.2) is 15.1 Å². The number of pyridine rings is 2. The van der Waals surface area contributed by atoms with Crippen LogP contribution in [0.5, 0.6) is 5.75 Å². The number of rotatable bonds is 1. The minimum Gasteiger partial charge on any atom is -0.505 e. The number of phenolic OH excluding ortho intramolecular Hbond substituents is 1. The monoisotopic (exact) mass is 256 g/mol. The van der Waals surface area contributed by atoms with Gasteiger partial charge in [0, 0.05) is 29.5 Å². The molecule has 3 rings (SSSR count). The topological polar surface area (TPSA) is 46.0 Å². The third kappa shape index (κ3) is 1.69. The average molecular weight is 257 g/mol. The summed E-state index contributed by atoms with van der Waals surface area (Å²) in [6.07, 6.45) is 4.98. The lowest BCUT2D eigenvalue weighted by atomic mass is 10.0. The van der Waals surface area contributed by atoms with E-state index in [9.17, 15) is 5.11 Å². The number of halogens is 1. The zero-order chi connectivity index (χ0) is 12.5. The summed E-state index contributed by atoms with van der Waals surface area (Å²) >= 11 is 6.22. The molecule has 0 saturated heterocycles. The Bertz CT molecular complexity index is 714. The highest BCUT2D eigenvalue weighted by molar-refractivity contribution is 6.36. The van der Waals surface area contributed by atoms with Gasteiger partial charge in [0.05, 0.1) is 5.02 Å². The molecule has 4 heteroatoms. The van der Waals surface area contributed by atoms with Crippen molar-refractivity contribution in [1.29, 1.82) is 0 Å². The molecule has 0 saturated carbocycles. The van der Waals surface area contributed by atoms with E-state index in [0.717, 1.165) is 10.9 Å². The van der Waals surface area contributed by atoms with Gasteiger partial charge >= 0.3 is 0 Å². The molecule has 0 aliphatic rings. The average Bonchev–Trinajstić information content (AvgIpc) is 2.44. The number of hydrogen-bond acceptors (Lipinski definition) is 3. The Kier molecular flexibility index (Phi) is 2.61. The van der Waals surface area contributed by atoms with E-state index in [4.69, 9.17) is 11.6 Å². The molecule has 0 aliphatic carbocycles. The fourth-order valence-electron chi connectivity index (χ4n) is 1.94. The van der Waals surface area contributed by atoms with Crippen LogP contribution in [0.3, 0.4) is 0 Å². The summed E-state index contributed by atoms with van der Waals surface area (Å²) in [4.78, 5) is 8.13. The molecule has 0 atom stereocenters. The van der Waals surface area contributed by atoms with Crippen LogP contribution in [0.2, 0.25) is 5.02 Å². The molecule has 0 unspecified atom stereocenters. The number of hydrogen-bond donors (Lipinski definition) is 1. The molecule has 2 heterocycles. The third-order valence-electron chi connectivity index (χ3n) is 2.81. The lowest BCUT2D eigenvalue weighted by molar-refractivity contribution is 0.482. The first-order chi connectivity index (χ1) is 8.77. The summed E-state index contributed by atoms with van der Waals surface area (Å²) in [6, 6.07) is 9.01. The lowest BCUT2D eigenvalue weighted by Crippen LogP contribution is -1.85. The molecule has 0 amide bonds. The largest absolute Gasteiger partial charge is 0.505 e. The second-order valence-corrected chi connectivity index (χ2v) is 4.30. The zero-order valence-electron chi connectivity index (χ0n) is 9.34. The Morgan fingerprint density at radius 2 is 1.83 bits per heavy atom. The molecule has 3 aromatic rings. The highest BCUT2D eigenvalue weighted by atomic mass is 35.5. The normalized spacial score (nSPS) is 10.7. The quantitative estimate of drug-likeness (QED) is 0.723. The van der Waals surface area contributed by atoms with Crippen molar-refractivity contribution in [1.82, 2.24) is 9.97 Å². The SMILES string of the molecule is Oc1c(-c2ccncc2)cc(Cl)c2cccnc12. The van der Waals surface area contributed by atoms with Crippen molar-refractivity contribution in [2.24, 2.45) is 0 Å². The standard InChI is InChI=1S/C14H9ClN2O/c15-12-8-11(9-3-6-16-7-4-9)14(18)13-10(12)2-1-5-17-13/h1-8,18H. The molecule has 0 fully saturated rings. The first-order valence-electron chi connectivity index (χ1n) is 5.44. The molecular weight excluding hydrogens is 248 g/mol. The highest BCUT2D eigenvalue weighted by Crippen LogP contribution is 2.38. The first kappa shape index (κ1) is 11.0. The van der Waals surface area contributed by atoms with Gasteiger partial charge in [0.1, 0.15) is 11.3 Å². The number of nitrogens with zero attached hydrogens (tertiary/aromatic N) is 2. The van der Waals surface area contributed by atoms with Crippen LogP contribution in [0.1, 0.15) is 0 Å². The number of phenols is 1. The van der Waals surface area contributed by atoms with Gasteiger partial charge < -0.3 is 5.11 Å². The van der Waals surface area contributed by atoms with E-state index in [1.165, 1.54) is 0 Å². The van der Waals surface area contributed by atoms with Gasteiger partial charge in [0.2, 0.25) is 0 Å². The third-order valence-corrected chi connectivity index (χ3v) is 3.12. The van der Waals surface area contributed by atoms with Gasteiger partial charge in [-0.25, -0.2) is 0 Å². The van der Waals surface area contributed by atoms with E-state index in [1.807, 2.05) is 18.2 Å². The van der Waals surface area contributed by atoms with E-state index in [0.29, 0.717) is 16.1 Å². The van der Waals surface area contributed by atoms with Crippen molar-refractivity contribution in [3.05, 3.63) is 53.9 Å². The molecule has 18 heavy (non-hydrogen) atoms. The summed E-state index contributed by atoms with van der Waals surface area (Å²) < 4.78 is 0. The van der Waals surface area contributed by atoms with Gasteiger partial charge in [-0.05, 0) is 35.9 Å². The van der Waals surface area contributed by atoms with Crippen LogP contribution in [0, 0.1) is 0 Å². The van der Waals surface area contributed by atoms with E-state index in [1.54, 1.807) is 30.7 Å². The second kappa shape index (κ2) is 4.27. The maximum atomic E-state index is 10.3. The van der Waals surface area contributed by atoms with E-state index in [2.05, 4.69) is 9.97 Å². The van der Waals surface area contributed by atoms with Crippen molar-refractivity contribution in [3.8, 4) is 16.9 Å². The minimum absolute atomic E-state index is 0.140. The maximum Gasteiger partial charge on any atom is 0.149 e. The Hall–Kier alpha value is -2.13. The molecule has 0 aliphatic heterocycles. The number of benzene rings is 1. The van der Waals surface area contributed by atoms with Gasteiger partial charge in [-0.15, -0.1) is 0 Å². The van der Waals surface area contributed by atoms with E-state index in [-0.39, 0.29) is 5.75 Å². The lowest BCUT2D eigenvalue weighted by Gasteiger charge is -2.09. The van der Waals surface area contributed by atoms with Crippen LogP contribution < -0.4 is 0 Å². The van der Waals surface area contributed by atoms with Gasteiger partial charge in [0.15, 0.2) is 0 Å². The van der Waals surface area contributed by atoms with Crippen molar-refractivity contribution in [3.63, 3.8) is 0 Å². The number of fused-ring (bicyclic) bond motifs is 1. The maximum absolute atomic E-state index is 10.3. The Labute approximate surface area is 109 Å². The molecule has 2 aromatic heterocycles. The number of aromatic nitrogens is 2. The Balaban J connectivity index is 2.35. The van der Waals surface area contributed by atoms with Gasteiger partial charge in [-0.1, -0.05) is 11.6 Å². The smallest absolute Gasteiger partial charge is 0.149 e. The summed E-state index contributed by atoms with van der Waals surface area (Å²) in [5.41, 5.74) is 2.03. The van der Waals surface area contributed by atoms with Crippen molar-refractivity contribution in [2.45, 2.75) is 0 Å². The van der Waals surface area contributed by atoms with Crippen LogP contribution in [0.25, 0.3) is 22.0 Å². The summed E-state index contributed by atoms with van der Waals surface area (Å²) in [6.45, 7) is 0. The van der Waals surface area contributed by atoms with E-state index >= 15 is 0 Å². The van der Waals surface area contributed by atoms with Crippen molar-refractivity contribution < 1.29 is 5.11 Å². The van der Waals surface area contributed by atoms with Crippen LogP contribution >= 0.6 is 11.6 Å². The van der Waals surface area contributed by atoms with Crippen LogP contribution in [-0.2, 0) is 0 Å². The van der Waals surface area contributed by atoms with Gasteiger partial charge in [-0.3, -0.25) is 9.97 Å². The Morgan fingerprint density at radius 3 is 2.61 bits per heavy atom. The summed E-state index contributed by atoms with van der Waals surface area (Å²) in [5.74, 6) is 0.140. The Morgan fingerprint density at radius 1 is 1.06 bits per heavy atom. The molecule has 1 N–H and O–H groups in total. The molecule has 0 bridgehead atoms. The van der Waals surface area contributed by atoms with Crippen LogP contribution in [0.4, 0.5) is 0 Å². The molecule has 1 aromatic carbocycles. The summed E-state index contributed by atoms with van der Waals surface area (Å²) in [7, 11) is 0. The molecular formula is C14H9ClN2O. The molecule has 3 nitrogen and oxygen atoms in total. The number of aromatic hydroxyl groups is 1.